The van der Waals surface area contributed by atoms with Crippen LogP contribution in [-0.4, -0.2) is 65.4 Å². The van der Waals surface area contributed by atoms with E-state index in [9.17, 15) is 4.79 Å². The van der Waals surface area contributed by atoms with Crippen molar-refractivity contribution in [1.82, 2.24) is 0 Å². The summed E-state index contributed by atoms with van der Waals surface area (Å²) in [6.45, 7) is 11.5. The Labute approximate surface area is 159 Å². The molecule has 6 nitrogen and oxygen atoms in total. The highest BCUT2D eigenvalue weighted by molar-refractivity contribution is 5.69. The Hall–Kier alpha value is -0.690. The minimum Gasteiger partial charge on any atom is -0.466 e. The molecule has 0 aliphatic rings. The van der Waals surface area contributed by atoms with Gasteiger partial charge < -0.3 is 23.7 Å². The fourth-order valence-electron chi connectivity index (χ4n) is 2.36. The first-order chi connectivity index (χ1) is 12.7. The molecule has 0 rings (SSSR count). The Kier molecular flexibility index (Phi) is 20.1. The van der Waals surface area contributed by atoms with Gasteiger partial charge in [-0.3, -0.25) is 4.79 Å². The predicted molar refractivity (Wildman–Crippen MR) is 102 cm³/mol. The summed E-state index contributed by atoms with van der Waals surface area (Å²) in [7, 11) is 0. The van der Waals surface area contributed by atoms with E-state index in [1.54, 1.807) is 6.92 Å². The van der Waals surface area contributed by atoms with E-state index in [1.807, 2.05) is 0 Å². The van der Waals surface area contributed by atoms with Crippen molar-refractivity contribution < 1.29 is 28.5 Å². The van der Waals surface area contributed by atoms with Crippen molar-refractivity contribution >= 4 is 5.97 Å². The Balaban J connectivity index is 3.18. The molecule has 1 atom stereocenters. The Morgan fingerprint density at radius 1 is 0.769 bits per heavy atom. The van der Waals surface area contributed by atoms with Gasteiger partial charge in [-0.2, -0.15) is 0 Å². The second-order valence-electron chi connectivity index (χ2n) is 6.24. The number of esters is 1. The van der Waals surface area contributed by atoms with Crippen molar-refractivity contribution in [3.05, 3.63) is 0 Å². The third kappa shape index (κ3) is 18.1. The normalized spacial score (nSPS) is 12.3. The van der Waals surface area contributed by atoms with Crippen LogP contribution in [0, 0.1) is 5.92 Å². The average molecular weight is 377 g/mol. The number of carbonyl (C=O) groups excluding carboxylic acids is 1. The number of hydrogen-bond acceptors (Lipinski definition) is 6. The first kappa shape index (κ1) is 25.3. The molecular weight excluding hydrogens is 336 g/mol. The van der Waals surface area contributed by atoms with Crippen LogP contribution in [0.25, 0.3) is 0 Å². The summed E-state index contributed by atoms with van der Waals surface area (Å²) in [5.74, 6) is 0.509. The lowest BCUT2D eigenvalue weighted by molar-refractivity contribution is -0.143. The van der Waals surface area contributed by atoms with Gasteiger partial charge in [0.15, 0.2) is 0 Å². The van der Waals surface area contributed by atoms with E-state index in [1.165, 1.54) is 25.7 Å². The minimum absolute atomic E-state index is 0.167. The molecule has 0 aromatic carbocycles. The fraction of sp³-hybridized carbons (Fsp3) is 0.950. The van der Waals surface area contributed by atoms with Gasteiger partial charge in [0.1, 0.15) is 0 Å². The number of unbranched alkanes of at least 4 members (excludes halogenated alkanes) is 1. The van der Waals surface area contributed by atoms with Crippen molar-refractivity contribution in [3.63, 3.8) is 0 Å². The highest BCUT2D eigenvalue weighted by Crippen LogP contribution is 2.12. The van der Waals surface area contributed by atoms with Crippen LogP contribution in [0.3, 0.4) is 0 Å². The van der Waals surface area contributed by atoms with Gasteiger partial charge in [-0.05, 0) is 25.7 Å². The highest BCUT2D eigenvalue weighted by atomic mass is 16.6. The minimum atomic E-state index is -0.167. The highest BCUT2D eigenvalue weighted by Gasteiger charge is 2.05. The molecule has 26 heavy (non-hydrogen) atoms. The molecule has 1 unspecified atom stereocenters. The summed E-state index contributed by atoms with van der Waals surface area (Å²) in [5.41, 5.74) is 0. The summed E-state index contributed by atoms with van der Waals surface area (Å²) < 4.78 is 26.8. The maximum atomic E-state index is 11.1. The smallest absolute Gasteiger partial charge is 0.305 e. The summed E-state index contributed by atoms with van der Waals surface area (Å²) >= 11 is 0. The Bertz CT molecular complexity index is 298. The third-order valence-corrected chi connectivity index (χ3v) is 3.99. The van der Waals surface area contributed by atoms with Gasteiger partial charge in [0.05, 0.1) is 46.2 Å². The van der Waals surface area contributed by atoms with Crippen LogP contribution >= 0.6 is 0 Å². The average Bonchev–Trinajstić information content (AvgIpc) is 2.64. The second-order valence-corrected chi connectivity index (χ2v) is 6.24. The molecule has 0 aliphatic carbocycles. The van der Waals surface area contributed by atoms with Crippen molar-refractivity contribution in [2.75, 3.05) is 59.5 Å². The number of hydrogen-bond donors (Lipinski definition) is 0. The van der Waals surface area contributed by atoms with Gasteiger partial charge in [-0.15, -0.1) is 0 Å². The topological polar surface area (TPSA) is 63.2 Å². The third-order valence-electron chi connectivity index (χ3n) is 3.99. The van der Waals surface area contributed by atoms with Gasteiger partial charge in [0, 0.05) is 19.6 Å². The van der Waals surface area contributed by atoms with Crippen molar-refractivity contribution in [2.24, 2.45) is 5.92 Å². The van der Waals surface area contributed by atoms with E-state index in [2.05, 4.69) is 13.8 Å². The van der Waals surface area contributed by atoms with E-state index in [4.69, 9.17) is 23.7 Å². The van der Waals surface area contributed by atoms with E-state index in [-0.39, 0.29) is 5.97 Å². The zero-order valence-electron chi connectivity index (χ0n) is 17.1. The van der Waals surface area contributed by atoms with E-state index in [0.29, 0.717) is 71.6 Å². The molecule has 0 radical (unpaired) electrons. The molecule has 0 amide bonds. The molecule has 0 N–H and O–H groups in total. The molecule has 0 fully saturated rings. The van der Waals surface area contributed by atoms with Crippen molar-refractivity contribution in [2.45, 2.75) is 59.3 Å². The van der Waals surface area contributed by atoms with Crippen molar-refractivity contribution in [1.29, 1.82) is 0 Å². The Morgan fingerprint density at radius 3 is 1.88 bits per heavy atom. The van der Waals surface area contributed by atoms with Gasteiger partial charge in [0.25, 0.3) is 0 Å². The summed E-state index contributed by atoms with van der Waals surface area (Å²) in [4.78, 5) is 11.1. The Morgan fingerprint density at radius 2 is 1.35 bits per heavy atom. The molecule has 0 spiro atoms. The molecule has 156 valence electrons. The molecule has 0 heterocycles. The molecule has 0 bridgehead atoms. The van der Waals surface area contributed by atoms with Crippen LogP contribution < -0.4 is 0 Å². The van der Waals surface area contributed by atoms with E-state index < -0.39 is 0 Å². The van der Waals surface area contributed by atoms with Crippen LogP contribution in [0.15, 0.2) is 0 Å². The summed E-state index contributed by atoms with van der Waals surface area (Å²) in [6, 6.07) is 0. The first-order valence-electron chi connectivity index (χ1n) is 10.2. The SMILES string of the molecule is CCCCC(CC)COCCOCCOCCOCCCC(=O)OCC. The van der Waals surface area contributed by atoms with Gasteiger partial charge >= 0.3 is 5.97 Å². The standard InChI is InChI=1S/C20H40O6/c1-4-7-9-19(5-2)18-25-17-16-24-15-14-23-13-12-22-11-8-10-20(21)26-6-3/h19H,4-18H2,1-3H3. The quantitative estimate of drug-likeness (QED) is 0.239. The molecule has 0 aliphatic heterocycles. The van der Waals surface area contributed by atoms with E-state index >= 15 is 0 Å². The van der Waals surface area contributed by atoms with Gasteiger partial charge in [-0.25, -0.2) is 0 Å². The molecule has 6 heteroatoms. The summed E-state index contributed by atoms with van der Waals surface area (Å²) in [6.07, 6.45) is 6.05. The summed E-state index contributed by atoms with van der Waals surface area (Å²) in [5, 5.41) is 0. The molecule has 0 saturated carbocycles. The maximum Gasteiger partial charge on any atom is 0.305 e. The van der Waals surface area contributed by atoms with E-state index in [0.717, 1.165) is 6.61 Å². The van der Waals surface area contributed by atoms with Crippen LogP contribution in [-0.2, 0) is 28.5 Å². The predicted octanol–water partition coefficient (Wildman–Crippen LogP) is 3.61. The van der Waals surface area contributed by atoms with Gasteiger partial charge in [-0.1, -0.05) is 33.1 Å². The molecular formula is C20H40O6. The van der Waals surface area contributed by atoms with Crippen LogP contribution in [0.4, 0.5) is 0 Å². The lowest BCUT2D eigenvalue weighted by Gasteiger charge is -2.14. The zero-order valence-corrected chi connectivity index (χ0v) is 17.1. The molecule has 0 aromatic rings. The number of ether oxygens (including phenoxy) is 5. The zero-order chi connectivity index (χ0) is 19.3. The first-order valence-corrected chi connectivity index (χ1v) is 10.2. The second kappa shape index (κ2) is 20.6. The van der Waals surface area contributed by atoms with Crippen LogP contribution in [0.2, 0.25) is 0 Å². The van der Waals surface area contributed by atoms with Crippen LogP contribution in [0.5, 0.6) is 0 Å². The molecule has 0 saturated heterocycles. The number of rotatable bonds is 20. The monoisotopic (exact) mass is 376 g/mol. The van der Waals surface area contributed by atoms with Gasteiger partial charge in [0.2, 0.25) is 0 Å². The lowest BCUT2D eigenvalue weighted by Crippen LogP contribution is -2.14. The largest absolute Gasteiger partial charge is 0.466 e. The fourth-order valence-corrected chi connectivity index (χ4v) is 2.36. The number of carbonyl (C=O) groups is 1. The molecule has 0 aromatic heterocycles. The lowest BCUT2D eigenvalue weighted by atomic mass is 10.0. The van der Waals surface area contributed by atoms with Crippen LogP contribution in [0.1, 0.15) is 59.3 Å². The van der Waals surface area contributed by atoms with Crippen molar-refractivity contribution in [3.8, 4) is 0 Å². The maximum absolute atomic E-state index is 11.1.